The Morgan fingerprint density at radius 3 is 2.41 bits per heavy atom. The summed E-state index contributed by atoms with van der Waals surface area (Å²) >= 11 is 6.09. The quantitative estimate of drug-likeness (QED) is 0.582. The van der Waals surface area contributed by atoms with Gasteiger partial charge in [-0.2, -0.15) is 0 Å². The van der Waals surface area contributed by atoms with Crippen LogP contribution >= 0.6 is 11.6 Å². The first-order valence-electron chi connectivity index (χ1n) is 9.40. The molecule has 1 heterocycles. The molecular weight excluding hydrogens is 386 g/mol. The van der Waals surface area contributed by atoms with Gasteiger partial charge in [0.2, 0.25) is 0 Å². The topological polar surface area (TPSA) is 68.5 Å². The van der Waals surface area contributed by atoms with Gasteiger partial charge < -0.3 is 15.4 Å². The van der Waals surface area contributed by atoms with Crippen molar-refractivity contribution in [3.63, 3.8) is 0 Å². The number of carbonyl (C=O) groups is 1. The van der Waals surface area contributed by atoms with E-state index in [9.17, 15) is 4.79 Å². The number of benzene rings is 2. The van der Waals surface area contributed by atoms with Crippen LogP contribution in [0.3, 0.4) is 0 Å². The van der Waals surface area contributed by atoms with Crippen LogP contribution in [0.5, 0.6) is 5.75 Å². The van der Waals surface area contributed by atoms with Gasteiger partial charge in [-0.25, -0.2) is 4.98 Å². The second kappa shape index (κ2) is 9.54. The number of rotatable bonds is 7. The van der Waals surface area contributed by atoms with Gasteiger partial charge in [0, 0.05) is 25.0 Å². The Balaban J connectivity index is 1.74. The molecule has 3 rings (SSSR count). The molecule has 0 bridgehead atoms. The minimum absolute atomic E-state index is 0.174. The van der Waals surface area contributed by atoms with Crippen molar-refractivity contribution in [1.82, 2.24) is 4.98 Å². The van der Waals surface area contributed by atoms with E-state index in [4.69, 9.17) is 22.1 Å². The molecule has 0 aliphatic heterocycles. The summed E-state index contributed by atoms with van der Waals surface area (Å²) in [6.07, 6.45) is 1.55. The molecule has 0 fully saturated rings. The normalized spacial score (nSPS) is 10.6. The maximum Gasteiger partial charge on any atom is 0.261 e. The number of carbonyl (C=O) groups excluding carboxylic acids is 1. The molecule has 3 aromatic rings. The number of aromatic nitrogens is 1. The number of aryl methyl sites for hydroxylation is 2. The second-order valence-electron chi connectivity index (χ2n) is 6.87. The highest BCUT2D eigenvalue weighted by molar-refractivity contribution is 6.33. The first-order chi connectivity index (χ1) is 14.0. The van der Waals surface area contributed by atoms with Crippen molar-refractivity contribution in [2.45, 2.75) is 20.5 Å². The number of halogens is 1. The maximum atomic E-state index is 12.9. The number of ether oxygens (including phenoxy) is 1. The Morgan fingerprint density at radius 2 is 1.79 bits per heavy atom. The molecule has 0 aliphatic carbocycles. The van der Waals surface area contributed by atoms with Gasteiger partial charge in [-0.3, -0.25) is 4.79 Å². The number of hydrogen-bond acceptors (Lipinski definition) is 4. The van der Waals surface area contributed by atoms with Crippen LogP contribution in [0.4, 0.5) is 5.69 Å². The molecule has 6 heteroatoms. The van der Waals surface area contributed by atoms with E-state index in [0.717, 1.165) is 17.0 Å². The Bertz CT molecular complexity index is 969. The largest absolute Gasteiger partial charge is 0.489 e. The summed E-state index contributed by atoms with van der Waals surface area (Å²) in [7, 11) is 0. The molecule has 0 unspecified atom stereocenters. The predicted octanol–water partition coefficient (Wildman–Crippen LogP) is 4.54. The second-order valence-corrected chi connectivity index (χ2v) is 7.22. The molecule has 2 aromatic carbocycles. The van der Waals surface area contributed by atoms with Gasteiger partial charge >= 0.3 is 0 Å². The molecule has 5 nitrogen and oxygen atoms in total. The van der Waals surface area contributed by atoms with Gasteiger partial charge in [0.15, 0.2) is 0 Å². The molecule has 0 radical (unpaired) electrons. The number of pyridine rings is 1. The van der Waals surface area contributed by atoms with Crippen LogP contribution < -0.4 is 15.4 Å². The molecule has 0 saturated carbocycles. The average Bonchev–Trinajstić information content (AvgIpc) is 2.70. The van der Waals surface area contributed by atoms with Crippen LogP contribution in [-0.4, -0.2) is 24.0 Å². The number of nitrogens with zero attached hydrogens (tertiary/aromatic N) is 2. The van der Waals surface area contributed by atoms with Crippen molar-refractivity contribution in [3.05, 3.63) is 88.2 Å². The molecule has 0 aliphatic rings. The van der Waals surface area contributed by atoms with E-state index in [2.05, 4.69) is 37.0 Å². The van der Waals surface area contributed by atoms with Gasteiger partial charge in [-0.1, -0.05) is 40.9 Å². The summed E-state index contributed by atoms with van der Waals surface area (Å²) in [5, 5.41) is 0.174. The van der Waals surface area contributed by atoms with E-state index < -0.39 is 0 Å². The van der Waals surface area contributed by atoms with Crippen molar-refractivity contribution in [1.29, 1.82) is 0 Å². The number of anilines is 1. The molecule has 0 atom stereocenters. The lowest BCUT2D eigenvalue weighted by molar-refractivity contribution is 0.0987. The van der Waals surface area contributed by atoms with Crippen molar-refractivity contribution in [2.75, 3.05) is 18.0 Å². The Kier molecular flexibility index (Phi) is 6.86. The zero-order valence-electron chi connectivity index (χ0n) is 16.6. The molecule has 1 aromatic heterocycles. The van der Waals surface area contributed by atoms with Crippen molar-refractivity contribution >= 4 is 23.2 Å². The van der Waals surface area contributed by atoms with Gasteiger partial charge in [-0.05, 0) is 55.8 Å². The lowest BCUT2D eigenvalue weighted by atomic mass is 10.1. The highest BCUT2D eigenvalue weighted by Gasteiger charge is 2.20. The third kappa shape index (κ3) is 5.34. The average molecular weight is 410 g/mol. The minimum atomic E-state index is -0.238. The Morgan fingerprint density at radius 1 is 1.10 bits per heavy atom. The van der Waals surface area contributed by atoms with E-state index in [1.807, 2.05) is 24.3 Å². The minimum Gasteiger partial charge on any atom is -0.489 e. The fourth-order valence-electron chi connectivity index (χ4n) is 3.21. The summed E-state index contributed by atoms with van der Waals surface area (Å²) in [5.41, 5.74) is 10.3. The molecule has 2 N–H and O–H groups in total. The lowest BCUT2D eigenvalue weighted by Crippen LogP contribution is -2.35. The first kappa shape index (κ1) is 20.8. The lowest BCUT2D eigenvalue weighted by Gasteiger charge is -2.23. The number of amides is 1. The van der Waals surface area contributed by atoms with E-state index in [0.29, 0.717) is 25.3 Å². The standard InChI is InChI=1S/C23H24ClN3O2/c1-16-12-17(2)14-18(13-16)15-29-20-7-5-19(6-8-20)27(11-9-25)23(28)21-4-3-10-26-22(21)24/h3-8,10,12-14H,9,11,15,25H2,1-2H3. The monoisotopic (exact) mass is 409 g/mol. The summed E-state index contributed by atoms with van der Waals surface area (Å²) in [4.78, 5) is 18.5. The highest BCUT2D eigenvalue weighted by Crippen LogP contribution is 2.24. The van der Waals surface area contributed by atoms with Crippen LogP contribution in [0.25, 0.3) is 0 Å². The zero-order chi connectivity index (χ0) is 20.8. The van der Waals surface area contributed by atoms with E-state index in [1.54, 1.807) is 23.2 Å². The van der Waals surface area contributed by atoms with Crippen LogP contribution in [-0.2, 0) is 6.61 Å². The smallest absolute Gasteiger partial charge is 0.261 e. The molecule has 1 amide bonds. The number of nitrogens with two attached hydrogens (primary N) is 1. The molecule has 0 spiro atoms. The van der Waals surface area contributed by atoms with Gasteiger partial charge in [0.1, 0.15) is 17.5 Å². The molecular formula is C23H24ClN3O2. The van der Waals surface area contributed by atoms with Crippen molar-refractivity contribution in [3.8, 4) is 5.75 Å². The summed E-state index contributed by atoms with van der Waals surface area (Å²) < 4.78 is 5.90. The molecule has 150 valence electrons. The van der Waals surface area contributed by atoms with Crippen molar-refractivity contribution < 1.29 is 9.53 Å². The summed E-state index contributed by atoms with van der Waals surface area (Å²) in [5.74, 6) is 0.491. The SMILES string of the molecule is Cc1cc(C)cc(COc2ccc(N(CCN)C(=O)c3cccnc3Cl)cc2)c1. The Hall–Kier alpha value is -2.89. The molecule has 0 saturated heterocycles. The maximum absolute atomic E-state index is 12.9. The van der Waals surface area contributed by atoms with Gasteiger partial charge in [-0.15, -0.1) is 0 Å². The summed E-state index contributed by atoms with van der Waals surface area (Å²) in [6, 6.07) is 17.1. The summed E-state index contributed by atoms with van der Waals surface area (Å²) in [6.45, 7) is 5.33. The number of hydrogen-bond donors (Lipinski definition) is 1. The highest BCUT2D eigenvalue weighted by atomic mass is 35.5. The first-order valence-corrected chi connectivity index (χ1v) is 9.78. The fraction of sp³-hybridized carbons (Fsp3) is 0.217. The molecule has 29 heavy (non-hydrogen) atoms. The fourth-order valence-corrected chi connectivity index (χ4v) is 3.41. The zero-order valence-corrected chi connectivity index (χ0v) is 17.3. The Labute approximate surface area is 176 Å². The van der Waals surface area contributed by atoms with Crippen LogP contribution in [0.2, 0.25) is 5.15 Å². The van der Waals surface area contributed by atoms with Crippen LogP contribution in [0.1, 0.15) is 27.0 Å². The third-order valence-electron chi connectivity index (χ3n) is 4.42. The van der Waals surface area contributed by atoms with Gasteiger partial charge in [0.25, 0.3) is 5.91 Å². The van der Waals surface area contributed by atoms with E-state index in [1.165, 1.54) is 11.1 Å². The van der Waals surface area contributed by atoms with Crippen LogP contribution in [0, 0.1) is 13.8 Å². The third-order valence-corrected chi connectivity index (χ3v) is 4.72. The van der Waals surface area contributed by atoms with Gasteiger partial charge in [0.05, 0.1) is 5.56 Å². The predicted molar refractivity (Wildman–Crippen MR) is 117 cm³/mol. The van der Waals surface area contributed by atoms with Crippen LogP contribution in [0.15, 0.2) is 60.8 Å². The van der Waals surface area contributed by atoms with Crippen molar-refractivity contribution in [2.24, 2.45) is 5.73 Å². The van der Waals surface area contributed by atoms with E-state index in [-0.39, 0.29) is 11.1 Å². The van der Waals surface area contributed by atoms with E-state index >= 15 is 0 Å².